The number of rotatable bonds is 7. The number of aliphatic imine (C=N–C) groups is 1. The fourth-order valence-electron chi connectivity index (χ4n) is 4.61. The molecular weight excluding hydrogens is 513 g/mol. The van der Waals surface area contributed by atoms with Crippen molar-refractivity contribution in [1.29, 1.82) is 0 Å². The quantitative estimate of drug-likeness (QED) is 0.304. The largest absolute Gasteiger partial charge is 0.359 e. The Hall–Kier alpha value is -1.35. The summed E-state index contributed by atoms with van der Waals surface area (Å²) in [6.07, 6.45) is 8.17. The fraction of sp³-hybridized carbons (Fsp3) is 0.680. The summed E-state index contributed by atoms with van der Waals surface area (Å²) in [5.41, 5.74) is 2.66. The molecule has 0 bridgehead atoms. The van der Waals surface area contributed by atoms with Crippen LogP contribution in [-0.4, -0.2) is 61.4 Å². The Labute approximate surface area is 211 Å². The molecule has 3 rings (SSSR count). The summed E-state index contributed by atoms with van der Waals surface area (Å²) in [7, 11) is 1.72. The average molecular weight is 556 g/mol. The second kappa shape index (κ2) is 14.7. The Bertz CT molecular complexity index is 693. The van der Waals surface area contributed by atoms with Crippen LogP contribution in [0.25, 0.3) is 0 Å². The van der Waals surface area contributed by atoms with E-state index in [9.17, 15) is 4.79 Å². The number of carbonyl (C=O) groups excluding carboxylic acids is 1. The summed E-state index contributed by atoms with van der Waals surface area (Å²) in [4.78, 5) is 21.5. The summed E-state index contributed by atoms with van der Waals surface area (Å²) >= 11 is 0. The van der Waals surface area contributed by atoms with E-state index in [1.807, 2.05) is 0 Å². The molecule has 32 heavy (non-hydrogen) atoms. The average Bonchev–Trinajstić information content (AvgIpc) is 3.07. The number of hydrogen-bond donors (Lipinski definition) is 2. The van der Waals surface area contributed by atoms with Gasteiger partial charge in [0, 0.05) is 39.6 Å². The second-order valence-corrected chi connectivity index (χ2v) is 8.98. The SMILES string of the molecule is CCNC(=NCc1ccc(CN2CCCCCC2)cc1)N1CCC(CC(=O)NC)CC1.I. The lowest BCUT2D eigenvalue weighted by atomic mass is 9.93. The van der Waals surface area contributed by atoms with Gasteiger partial charge >= 0.3 is 0 Å². The third-order valence-corrected chi connectivity index (χ3v) is 6.54. The number of benzene rings is 1. The highest BCUT2D eigenvalue weighted by molar-refractivity contribution is 14.0. The van der Waals surface area contributed by atoms with Crippen molar-refractivity contribution >= 4 is 35.8 Å². The van der Waals surface area contributed by atoms with E-state index >= 15 is 0 Å². The van der Waals surface area contributed by atoms with Crippen molar-refractivity contribution in [1.82, 2.24) is 20.4 Å². The van der Waals surface area contributed by atoms with Crippen molar-refractivity contribution in [3.8, 4) is 0 Å². The molecule has 2 saturated heterocycles. The van der Waals surface area contributed by atoms with Crippen LogP contribution in [-0.2, 0) is 17.9 Å². The van der Waals surface area contributed by atoms with Crippen LogP contribution in [0.2, 0.25) is 0 Å². The molecule has 2 N–H and O–H groups in total. The van der Waals surface area contributed by atoms with E-state index in [0.717, 1.165) is 45.0 Å². The fourth-order valence-corrected chi connectivity index (χ4v) is 4.61. The minimum absolute atomic E-state index is 0. The van der Waals surface area contributed by atoms with Crippen molar-refractivity contribution in [2.75, 3.05) is 39.8 Å². The van der Waals surface area contributed by atoms with Crippen LogP contribution in [0.3, 0.4) is 0 Å². The number of carbonyl (C=O) groups is 1. The van der Waals surface area contributed by atoms with Crippen LogP contribution in [0.1, 0.15) is 63.0 Å². The van der Waals surface area contributed by atoms with Crippen molar-refractivity contribution in [2.45, 2.75) is 65.0 Å². The third-order valence-electron chi connectivity index (χ3n) is 6.54. The van der Waals surface area contributed by atoms with E-state index in [4.69, 9.17) is 4.99 Å². The molecule has 1 aromatic carbocycles. The predicted octanol–water partition coefficient (Wildman–Crippen LogP) is 3.99. The number of nitrogens with one attached hydrogen (secondary N) is 2. The van der Waals surface area contributed by atoms with Gasteiger partial charge in [0.05, 0.1) is 6.54 Å². The first-order valence-corrected chi connectivity index (χ1v) is 12.2. The molecule has 0 atom stereocenters. The van der Waals surface area contributed by atoms with Gasteiger partial charge in [-0.05, 0) is 62.7 Å². The van der Waals surface area contributed by atoms with E-state index in [0.29, 0.717) is 18.9 Å². The predicted molar refractivity (Wildman–Crippen MR) is 143 cm³/mol. The number of nitrogens with zero attached hydrogens (tertiary/aromatic N) is 3. The van der Waals surface area contributed by atoms with Gasteiger partial charge in [-0.3, -0.25) is 9.69 Å². The zero-order valence-corrected chi connectivity index (χ0v) is 22.3. The Morgan fingerprint density at radius 1 is 1.00 bits per heavy atom. The van der Waals surface area contributed by atoms with Gasteiger partial charge in [-0.25, -0.2) is 4.99 Å². The minimum atomic E-state index is 0. The first-order valence-electron chi connectivity index (χ1n) is 12.2. The van der Waals surface area contributed by atoms with Crippen LogP contribution in [0.15, 0.2) is 29.3 Å². The zero-order chi connectivity index (χ0) is 21.9. The van der Waals surface area contributed by atoms with Gasteiger partial charge < -0.3 is 15.5 Å². The molecule has 7 heteroatoms. The monoisotopic (exact) mass is 555 g/mol. The normalized spacial score (nSPS) is 18.6. The van der Waals surface area contributed by atoms with Gasteiger partial charge in [0.25, 0.3) is 0 Å². The second-order valence-electron chi connectivity index (χ2n) is 8.98. The smallest absolute Gasteiger partial charge is 0.220 e. The molecule has 0 radical (unpaired) electrons. The highest BCUT2D eigenvalue weighted by Gasteiger charge is 2.23. The molecule has 0 saturated carbocycles. The molecule has 0 spiro atoms. The standard InChI is InChI=1S/C25H41N5O.HI/c1-3-27-25(30-16-12-21(13-17-30)18-24(31)26-2)28-19-22-8-10-23(11-9-22)20-29-14-6-4-5-7-15-29;/h8-11,21H,3-7,12-20H2,1-2H3,(H,26,31)(H,27,28);1H. The Kier molecular flexibility index (Phi) is 12.4. The molecule has 2 fully saturated rings. The number of amides is 1. The van der Waals surface area contributed by atoms with Crippen molar-refractivity contribution in [3.63, 3.8) is 0 Å². The molecule has 1 amide bonds. The lowest BCUT2D eigenvalue weighted by Crippen LogP contribution is -2.46. The van der Waals surface area contributed by atoms with Gasteiger partial charge in [0.15, 0.2) is 5.96 Å². The minimum Gasteiger partial charge on any atom is -0.359 e. The van der Waals surface area contributed by atoms with E-state index in [2.05, 4.69) is 51.6 Å². The Morgan fingerprint density at radius 2 is 1.62 bits per heavy atom. The first-order chi connectivity index (χ1) is 15.2. The molecule has 180 valence electrons. The maximum absolute atomic E-state index is 11.6. The van der Waals surface area contributed by atoms with Gasteiger partial charge in [-0.15, -0.1) is 24.0 Å². The zero-order valence-electron chi connectivity index (χ0n) is 19.9. The van der Waals surface area contributed by atoms with E-state index in [1.54, 1.807) is 7.05 Å². The van der Waals surface area contributed by atoms with Crippen molar-refractivity contribution in [2.24, 2.45) is 10.9 Å². The van der Waals surface area contributed by atoms with E-state index < -0.39 is 0 Å². The lowest BCUT2D eigenvalue weighted by molar-refractivity contribution is -0.121. The van der Waals surface area contributed by atoms with Crippen LogP contribution in [0.5, 0.6) is 0 Å². The highest BCUT2D eigenvalue weighted by Crippen LogP contribution is 2.21. The highest BCUT2D eigenvalue weighted by atomic mass is 127. The van der Waals surface area contributed by atoms with E-state index in [1.165, 1.54) is 49.9 Å². The molecule has 0 unspecified atom stereocenters. The number of hydrogen-bond acceptors (Lipinski definition) is 3. The van der Waals surface area contributed by atoms with E-state index in [-0.39, 0.29) is 29.9 Å². The number of likely N-dealkylation sites (tertiary alicyclic amines) is 2. The molecule has 1 aromatic rings. The summed E-state index contributed by atoms with van der Waals surface area (Å²) < 4.78 is 0. The molecular formula is C25H42IN5O. The molecule has 2 heterocycles. The Morgan fingerprint density at radius 3 is 2.22 bits per heavy atom. The van der Waals surface area contributed by atoms with Crippen LogP contribution < -0.4 is 10.6 Å². The molecule has 2 aliphatic rings. The third kappa shape index (κ3) is 8.89. The topological polar surface area (TPSA) is 60.0 Å². The first kappa shape index (κ1) is 26.9. The number of piperidine rings is 1. The van der Waals surface area contributed by atoms with Gasteiger partial charge in [-0.2, -0.15) is 0 Å². The van der Waals surface area contributed by atoms with Gasteiger partial charge in [-0.1, -0.05) is 37.1 Å². The van der Waals surface area contributed by atoms with Crippen LogP contribution in [0.4, 0.5) is 0 Å². The van der Waals surface area contributed by atoms with Crippen LogP contribution >= 0.6 is 24.0 Å². The lowest BCUT2D eigenvalue weighted by Gasteiger charge is -2.34. The summed E-state index contributed by atoms with van der Waals surface area (Å²) in [5, 5.41) is 6.19. The summed E-state index contributed by atoms with van der Waals surface area (Å²) in [5.74, 6) is 1.63. The van der Waals surface area contributed by atoms with Crippen molar-refractivity contribution in [3.05, 3.63) is 35.4 Å². The van der Waals surface area contributed by atoms with Gasteiger partial charge in [0.2, 0.25) is 5.91 Å². The maximum atomic E-state index is 11.6. The van der Waals surface area contributed by atoms with Crippen LogP contribution in [0, 0.1) is 5.92 Å². The summed E-state index contributed by atoms with van der Waals surface area (Å²) in [6.45, 7) is 9.14. The summed E-state index contributed by atoms with van der Waals surface area (Å²) in [6, 6.07) is 9.01. The molecule has 2 aliphatic heterocycles. The number of guanidine groups is 1. The molecule has 6 nitrogen and oxygen atoms in total. The Balaban J connectivity index is 0.00000363. The van der Waals surface area contributed by atoms with Gasteiger partial charge in [0.1, 0.15) is 0 Å². The molecule has 0 aromatic heterocycles. The van der Waals surface area contributed by atoms with Crippen molar-refractivity contribution < 1.29 is 4.79 Å². The number of halogens is 1. The maximum Gasteiger partial charge on any atom is 0.220 e. The molecule has 0 aliphatic carbocycles.